The number of rotatable bonds is 4. The third-order valence-corrected chi connectivity index (χ3v) is 3.73. The molecule has 0 unspecified atom stereocenters. The minimum Gasteiger partial charge on any atom is -0.508 e. The van der Waals surface area contributed by atoms with Crippen molar-refractivity contribution in [3.05, 3.63) is 72.6 Å². The second-order valence-electron chi connectivity index (χ2n) is 5.46. The van der Waals surface area contributed by atoms with Crippen molar-refractivity contribution in [2.24, 2.45) is 0 Å². The number of nitrogens with one attached hydrogen (secondary N) is 1. The predicted molar refractivity (Wildman–Crippen MR) is 91.8 cm³/mol. The van der Waals surface area contributed by atoms with Crippen LogP contribution in [0.25, 0.3) is 22.4 Å². The van der Waals surface area contributed by atoms with Crippen LogP contribution in [0.2, 0.25) is 0 Å². The maximum absolute atomic E-state index is 9.30. The van der Waals surface area contributed by atoms with Gasteiger partial charge in [0.05, 0.1) is 11.0 Å². The lowest BCUT2D eigenvalue weighted by molar-refractivity contribution is 0.306. The number of aromatic nitrogens is 3. The number of fused-ring (bicyclic) bond motifs is 1. The van der Waals surface area contributed by atoms with E-state index in [-0.39, 0.29) is 5.75 Å². The monoisotopic (exact) mass is 317 g/mol. The van der Waals surface area contributed by atoms with Crippen molar-refractivity contribution in [2.75, 3.05) is 0 Å². The Morgan fingerprint density at radius 2 is 1.92 bits per heavy atom. The normalized spacial score (nSPS) is 10.8. The Hall–Kier alpha value is -3.34. The highest BCUT2D eigenvalue weighted by atomic mass is 16.5. The van der Waals surface area contributed by atoms with Gasteiger partial charge in [0.25, 0.3) is 0 Å². The summed E-state index contributed by atoms with van der Waals surface area (Å²) in [6, 6.07) is 16.6. The Morgan fingerprint density at radius 3 is 2.71 bits per heavy atom. The van der Waals surface area contributed by atoms with Crippen LogP contribution in [0.5, 0.6) is 11.5 Å². The summed E-state index contributed by atoms with van der Waals surface area (Å²) in [4.78, 5) is 12.0. The van der Waals surface area contributed by atoms with Crippen molar-refractivity contribution in [1.82, 2.24) is 15.0 Å². The standard InChI is InChI=1S/C19H15N3O2/c23-15-5-3-13(4-6-15)12-24-16-7-8-17-18(10-16)22-19(21-17)14-2-1-9-20-11-14/h1-11,23H,12H2,(H,21,22). The molecule has 0 spiro atoms. The zero-order chi connectivity index (χ0) is 16.4. The van der Waals surface area contributed by atoms with Gasteiger partial charge < -0.3 is 14.8 Å². The molecule has 0 amide bonds. The molecule has 0 fully saturated rings. The van der Waals surface area contributed by atoms with Gasteiger partial charge in [0, 0.05) is 24.0 Å². The maximum atomic E-state index is 9.30. The Kier molecular flexibility index (Phi) is 3.59. The number of hydrogen-bond donors (Lipinski definition) is 2. The van der Waals surface area contributed by atoms with Gasteiger partial charge in [-0.1, -0.05) is 12.1 Å². The van der Waals surface area contributed by atoms with Gasteiger partial charge in [-0.2, -0.15) is 0 Å². The van der Waals surface area contributed by atoms with Crippen LogP contribution in [0.15, 0.2) is 67.0 Å². The van der Waals surface area contributed by atoms with E-state index in [1.807, 2.05) is 42.5 Å². The summed E-state index contributed by atoms with van der Waals surface area (Å²) in [7, 11) is 0. The molecule has 0 bridgehead atoms. The van der Waals surface area contributed by atoms with Crippen LogP contribution in [-0.2, 0) is 6.61 Å². The average molecular weight is 317 g/mol. The molecule has 2 N–H and O–H groups in total. The number of phenols is 1. The molecule has 0 atom stereocenters. The zero-order valence-corrected chi connectivity index (χ0v) is 12.8. The molecule has 0 aliphatic rings. The molecule has 0 aliphatic heterocycles. The topological polar surface area (TPSA) is 71.0 Å². The molecule has 2 aromatic carbocycles. The van der Waals surface area contributed by atoms with Gasteiger partial charge in [-0.25, -0.2) is 4.98 Å². The summed E-state index contributed by atoms with van der Waals surface area (Å²) in [5.74, 6) is 1.80. The van der Waals surface area contributed by atoms with Crippen molar-refractivity contribution >= 4 is 11.0 Å². The first-order valence-corrected chi connectivity index (χ1v) is 7.59. The number of aromatic hydroxyl groups is 1. The SMILES string of the molecule is Oc1ccc(COc2ccc3nc(-c4cccnc4)[nH]c3c2)cc1. The van der Waals surface area contributed by atoms with Crippen LogP contribution in [0.3, 0.4) is 0 Å². The van der Waals surface area contributed by atoms with E-state index in [1.54, 1.807) is 24.5 Å². The Bertz CT molecular complexity index is 963. The molecule has 4 rings (SSSR count). The minimum atomic E-state index is 0.251. The Balaban J connectivity index is 1.55. The molecule has 118 valence electrons. The summed E-state index contributed by atoms with van der Waals surface area (Å²) < 4.78 is 5.81. The number of phenolic OH excluding ortho intramolecular Hbond substituents is 1. The van der Waals surface area contributed by atoms with E-state index in [0.717, 1.165) is 33.7 Å². The highest BCUT2D eigenvalue weighted by Crippen LogP contribution is 2.24. The fraction of sp³-hybridized carbons (Fsp3) is 0.0526. The van der Waals surface area contributed by atoms with E-state index in [2.05, 4.69) is 15.0 Å². The Labute approximate surface area is 138 Å². The summed E-state index contributed by atoms with van der Waals surface area (Å²) in [5.41, 5.74) is 3.73. The molecular formula is C19H15N3O2. The van der Waals surface area contributed by atoms with Crippen LogP contribution in [-0.4, -0.2) is 20.1 Å². The van der Waals surface area contributed by atoms with E-state index >= 15 is 0 Å². The highest BCUT2D eigenvalue weighted by Gasteiger charge is 2.06. The molecule has 0 radical (unpaired) electrons. The second kappa shape index (κ2) is 6.04. The molecule has 0 aliphatic carbocycles. The molecule has 2 heterocycles. The number of benzene rings is 2. The first-order chi connectivity index (χ1) is 11.8. The number of ether oxygens (including phenoxy) is 1. The predicted octanol–water partition coefficient (Wildman–Crippen LogP) is 3.91. The van der Waals surface area contributed by atoms with Gasteiger partial charge in [-0.3, -0.25) is 4.98 Å². The molecule has 0 saturated heterocycles. The maximum Gasteiger partial charge on any atom is 0.140 e. The fourth-order valence-corrected chi connectivity index (χ4v) is 2.48. The van der Waals surface area contributed by atoms with E-state index < -0.39 is 0 Å². The molecule has 4 aromatic rings. The smallest absolute Gasteiger partial charge is 0.140 e. The van der Waals surface area contributed by atoms with Crippen molar-refractivity contribution in [1.29, 1.82) is 0 Å². The number of imidazole rings is 1. The lowest BCUT2D eigenvalue weighted by Crippen LogP contribution is -1.94. The van der Waals surface area contributed by atoms with Gasteiger partial charge in [0.1, 0.15) is 23.9 Å². The van der Waals surface area contributed by atoms with E-state index in [4.69, 9.17) is 4.74 Å². The zero-order valence-electron chi connectivity index (χ0n) is 12.8. The largest absolute Gasteiger partial charge is 0.508 e. The molecule has 2 aromatic heterocycles. The number of nitrogens with zero attached hydrogens (tertiary/aromatic N) is 2. The van der Waals surface area contributed by atoms with Crippen LogP contribution < -0.4 is 4.74 Å². The van der Waals surface area contributed by atoms with Crippen molar-refractivity contribution in [3.63, 3.8) is 0 Å². The third kappa shape index (κ3) is 2.92. The summed E-state index contributed by atoms with van der Waals surface area (Å²) in [6.07, 6.45) is 3.52. The van der Waals surface area contributed by atoms with E-state index in [9.17, 15) is 5.11 Å². The number of H-pyrrole nitrogens is 1. The average Bonchev–Trinajstić information content (AvgIpc) is 3.05. The number of aromatic amines is 1. The first-order valence-electron chi connectivity index (χ1n) is 7.59. The van der Waals surface area contributed by atoms with Gasteiger partial charge in [0.2, 0.25) is 0 Å². The van der Waals surface area contributed by atoms with Crippen LogP contribution >= 0.6 is 0 Å². The van der Waals surface area contributed by atoms with E-state index in [1.165, 1.54) is 0 Å². The number of hydrogen-bond acceptors (Lipinski definition) is 4. The molecule has 24 heavy (non-hydrogen) atoms. The number of pyridine rings is 1. The van der Waals surface area contributed by atoms with Crippen LogP contribution in [0.4, 0.5) is 0 Å². The van der Waals surface area contributed by atoms with E-state index in [0.29, 0.717) is 6.61 Å². The van der Waals surface area contributed by atoms with Crippen LogP contribution in [0.1, 0.15) is 5.56 Å². The fourth-order valence-electron chi connectivity index (χ4n) is 2.48. The molecule has 5 nitrogen and oxygen atoms in total. The third-order valence-electron chi connectivity index (χ3n) is 3.73. The first kappa shape index (κ1) is 14.3. The summed E-state index contributed by atoms with van der Waals surface area (Å²) in [5, 5.41) is 9.30. The quantitative estimate of drug-likeness (QED) is 0.598. The minimum absolute atomic E-state index is 0.251. The lowest BCUT2D eigenvalue weighted by atomic mass is 10.2. The van der Waals surface area contributed by atoms with Gasteiger partial charge in [-0.05, 0) is 42.0 Å². The summed E-state index contributed by atoms with van der Waals surface area (Å²) >= 11 is 0. The van der Waals surface area contributed by atoms with Gasteiger partial charge in [-0.15, -0.1) is 0 Å². The van der Waals surface area contributed by atoms with Gasteiger partial charge >= 0.3 is 0 Å². The summed E-state index contributed by atoms with van der Waals surface area (Å²) in [6.45, 7) is 0.440. The Morgan fingerprint density at radius 1 is 1.04 bits per heavy atom. The molecule has 0 saturated carbocycles. The van der Waals surface area contributed by atoms with Crippen molar-refractivity contribution in [3.8, 4) is 22.9 Å². The molecular weight excluding hydrogens is 302 g/mol. The van der Waals surface area contributed by atoms with Crippen LogP contribution in [0, 0.1) is 0 Å². The van der Waals surface area contributed by atoms with Crippen molar-refractivity contribution in [2.45, 2.75) is 6.61 Å². The van der Waals surface area contributed by atoms with Gasteiger partial charge in [0.15, 0.2) is 0 Å². The molecule has 5 heteroatoms. The lowest BCUT2D eigenvalue weighted by Gasteiger charge is -2.06. The van der Waals surface area contributed by atoms with Crippen molar-refractivity contribution < 1.29 is 9.84 Å². The second-order valence-corrected chi connectivity index (χ2v) is 5.46. The highest BCUT2D eigenvalue weighted by molar-refractivity contribution is 5.80.